The summed E-state index contributed by atoms with van der Waals surface area (Å²) in [5.41, 5.74) is 2.64. The molecule has 29 heavy (non-hydrogen) atoms. The highest BCUT2D eigenvalue weighted by atomic mass is 32.2. The average Bonchev–Trinajstić information content (AvgIpc) is 3.09. The van der Waals surface area contributed by atoms with E-state index in [1.54, 1.807) is 23.1 Å². The first-order valence-corrected chi connectivity index (χ1v) is 12.0. The summed E-state index contributed by atoms with van der Waals surface area (Å²) < 4.78 is 6.31. The van der Waals surface area contributed by atoms with Crippen LogP contribution in [0, 0.1) is 6.92 Å². The Kier molecular flexibility index (Phi) is 6.67. The molecule has 0 amide bonds. The Balaban J connectivity index is 1.56. The zero-order valence-electron chi connectivity index (χ0n) is 16.9. The number of para-hydroxylation sites is 1. The van der Waals surface area contributed by atoms with Gasteiger partial charge in [0, 0.05) is 21.9 Å². The maximum Gasteiger partial charge on any atom is 0.247 e. The molecular weight excluding hydrogens is 400 g/mol. The molecule has 1 aliphatic heterocycles. The summed E-state index contributed by atoms with van der Waals surface area (Å²) in [4.78, 5) is 7.09. The lowest BCUT2D eigenvalue weighted by atomic mass is 10.1. The van der Waals surface area contributed by atoms with Crippen LogP contribution in [0.5, 0.6) is 5.88 Å². The number of thioether (sulfide) groups is 1. The van der Waals surface area contributed by atoms with Gasteiger partial charge in [-0.2, -0.15) is 4.98 Å². The fourth-order valence-electron chi connectivity index (χ4n) is 3.30. The number of hydrogen-bond acceptors (Lipinski definition) is 7. The van der Waals surface area contributed by atoms with Gasteiger partial charge in [0.15, 0.2) is 5.69 Å². The monoisotopic (exact) mass is 426 g/mol. The van der Waals surface area contributed by atoms with Gasteiger partial charge in [-0.3, -0.25) is 0 Å². The van der Waals surface area contributed by atoms with E-state index in [2.05, 4.69) is 41.5 Å². The van der Waals surface area contributed by atoms with E-state index < -0.39 is 0 Å². The van der Waals surface area contributed by atoms with Crippen molar-refractivity contribution in [3.63, 3.8) is 0 Å². The van der Waals surface area contributed by atoms with Crippen LogP contribution in [-0.4, -0.2) is 20.9 Å². The minimum absolute atomic E-state index is 0.292. The summed E-state index contributed by atoms with van der Waals surface area (Å²) in [5, 5.41) is 13.0. The molecule has 1 aliphatic rings. The summed E-state index contributed by atoms with van der Waals surface area (Å²) in [7, 11) is 0. The number of benzene rings is 1. The first-order chi connectivity index (χ1) is 14.2. The normalized spacial score (nSPS) is 15.0. The number of hydrogen-bond donors (Lipinski definition) is 1. The second kappa shape index (κ2) is 9.59. The smallest absolute Gasteiger partial charge is 0.247 e. The van der Waals surface area contributed by atoms with Gasteiger partial charge in [0.25, 0.3) is 0 Å². The first-order valence-electron chi connectivity index (χ1n) is 10.2. The third kappa shape index (κ3) is 4.90. The van der Waals surface area contributed by atoms with E-state index in [9.17, 15) is 0 Å². The molecule has 5 nitrogen and oxygen atoms in total. The lowest BCUT2D eigenvalue weighted by Crippen LogP contribution is -2.15. The molecule has 7 heteroatoms. The van der Waals surface area contributed by atoms with Crippen molar-refractivity contribution in [1.29, 1.82) is 0 Å². The van der Waals surface area contributed by atoms with Crippen molar-refractivity contribution in [2.45, 2.75) is 57.3 Å². The summed E-state index contributed by atoms with van der Waals surface area (Å²) in [5.74, 6) is 1.55. The standard InChI is InChI=1S/C22H26N4OS2/c1-3-4-5-6-9-14-28-22-24-21-19(25-26-22)16-10-7-8-11-17(16)23-20(27-21)18-13-12-15(2)29-18/h7-8,10-13,20,23H,3-6,9,14H2,1-2H3/t20-/m0/s1. The SMILES string of the molecule is CCCCCCCSc1nnc2c(n1)O[C@@H](c1ccc(C)s1)Nc1ccccc1-2. The molecule has 4 rings (SSSR count). The van der Waals surface area contributed by atoms with Crippen LogP contribution in [0.25, 0.3) is 11.3 Å². The second-order valence-corrected chi connectivity index (χ2v) is 9.53. The Hall–Kier alpha value is -2.12. The van der Waals surface area contributed by atoms with Gasteiger partial charge < -0.3 is 10.1 Å². The molecule has 0 bridgehead atoms. The molecule has 0 saturated heterocycles. The predicted octanol–water partition coefficient (Wildman–Crippen LogP) is 6.47. The summed E-state index contributed by atoms with van der Waals surface area (Å²) >= 11 is 3.38. The molecular formula is C22H26N4OS2. The molecule has 0 aliphatic carbocycles. The number of nitrogens with one attached hydrogen (secondary N) is 1. The molecule has 0 fully saturated rings. The molecule has 2 aromatic heterocycles. The lowest BCUT2D eigenvalue weighted by Gasteiger charge is -2.17. The average molecular weight is 427 g/mol. The van der Waals surface area contributed by atoms with E-state index in [4.69, 9.17) is 9.72 Å². The van der Waals surface area contributed by atoms with Crippen LogP contribution in [0.1, 0.15) is 55.0 Å². The molecule has 0 saturated carbocycles. The van der Waals surface area contributed by atoms with Gasteiger partial charge in [-0.15, -0.1) is 21.5 Å². The van der Waals surface area contributed by atoms with Gasteiger partial charge >= 0.3 is 0 Å². The van der Waals surface area contributed by atoms with Gasteiger partial charge in [0.1, 0.15) is 0 Å². The summed E-state index contributed by atoms with van der Waals surface area (Å²) in [6, 6.07) is 12.3. The van der Waals surface area contributed by atoms with Crippen molar-refractivity contribution >= 4 is 28.8 Å². The predicted molar refractivity (Wildman–Crippen MR) is 121 cm³/mol. The van der Waals surface area contributed by atoms with Gasteiger partial charge in [0.2, 0.25) is 17.3 Å². The molecule has 1 aromatic carbocycles. The number of unbranched alkanes of at least 4 members (excludes halogenated alkanes) is 4. The van der Waals surface area contributed by atoms with Crippen LogP contribution in [-0.2, 0) is 0 Å². The minimum atomic E-state index is -0.292. The van der Waals surface area contributed by atoms with E-state index in [1.165, 1.54) is 37.0 Å². The number of thiophene rings is 1. The number of nitrogens with zero attached hydrogens (tertiary/aromatic N) is 3. The maximum atomic E-state index is 6.31. The Labute approximate surface area is 180 Å². The number of anilines is 1. The van der Waals surface area contributed by atoms with E-state index in [-0.39, 0.29) is 6.23 Å². The Bertz CT molecular complexity index is 959. The highest BCUT2D eigenvalue weighted by Crippen LogP contribution is 2.40. The highest BCUT2D eigenvalue weighted by Gasteiger charge is 2.26. The fourth-order valence-corrected chi connectivity index (χ4v) is 4.94. The molecule has 0 unspecified atom stereocenters. The molecule has 3 heterocycles. The van der Waals surface area contributed by atoms with E-state index >= 15 is 0 Å². The summed E-state index contributed by atoms with van der Waals surface area (Å²) in [6.07, 6.45) is 6.02. The molecule has 0 spiro atoms. The van der Waals surface area contributed by atoms with E-state index in [0.717, 1.165) is 21.9 Å². The summed E-state index contributed by atoms with van der Waals surface area (Å²) in [6.45, 7) is 4.34. The Morgan fingerprint density at radius 1 is 1.07 bits per heavy atom. The first kappa shape index (κ1) is 20.2. The molecule has 1 N–H and O–H groups in total. The molecule has 152 valence electrons. The second-order valence-electron chi connectivity index (χ2n) is 7.15. The van der Waals surface area contributed by atoms with Crippen molar-refractivity contribution in [3.05, 3.63) is 46.2 Å². The van der Waals surface area contributed by atoms with Gasteiger partial charge in [0.05, 0.1) is 4.88 Å². The quantitative estimate of drug-likeness (QED) is 0.329. The zero-order valence-corrected chi connectivity index (χ0v) is 18.5. The van der Waals surface area contributed by atoms with Crippen molar-refractivity contribution in [1.82, 2.24) is 15.2 Å². The van der Waals surface area contributed by atoms with Crippen molar-refractivity contribution in [2.24, 2.45) is 0 Å². The van der Waals surface area contributed by atoms with Crippen LogP contribution < -0.4 is 10.1 Å². The third-order valence-corrected chi connectivity index (χ3v) is 6.80. The van der Waals surface area contributed by atoms with Gasteiger partial charge in [-0.1, -0.05) is 62.6 Å². The highest BCUT2D eigenvalue weighted by molar-refractivity contribution is 7.99. The topological polar surface area (TPSA) is 59.9 Å². The minimum Gasteiger partial charge on any atom is -0.447 e. The van der Waals surface area contributed by atoms with Gasteiger partial charge in [-0.05, 0) is 31.5 Å². The van der Waals surface area contributed by atoms with E-state index in [0.29, 0.717) is 16.7 Å². The van der Waals surface area contributed by atoms with Crippen LogP contribution in [0.15, 0.2) is 41.6 Å². The number of aromatic nitrogens is 3. The van der Waals surface area contributed by atoms with Crippen LogP contribution >= 0.6 is 23.1 Å². The van der Waals surface area contributed by atoms with Crippen LogP contribution in [0.4, 0.5) is 5.69 Å². The molecule has 3 aromatic rings. The third-order valence-electron chi connectivity index (χ3n) is 4.83. The number of aryl methyl sites for hydroxylation is 1. The molecule has 0 radical (unpaired) electrons. The largest absolute Gasteiger partial charge is 0.447 e. The van der Waals surface area contributed by atoms with Crippen molar-refractivity contribution in [3.8, 4) is 17.1 Å². The fraction of sp³-hybridized carbons (Fsp3) is 0.409. The number of rotatable bonds is 8. The molecule has 1 atom stereocenters. The van der Waals surface area contributed by atoms with Crippen LogP contribution in [0.2, 0.25) is 0 Å². The maximum absolute atomic E-state index is 6.31. The van der Waals surface area contributed by atoms with Crippen molar-refractivity contribution in [2.75, 3.05) is 11.1 Å². The Morgan fingerprint density at radius 2 is 1.93 bits per heavy atom. The van der Waals surface area contributed by atoms with E-state index in [1.807, 2.05) is 24.3 Å². The number of fused-ring (bicyclic) bond motifs is 3. The lowest BCUT2D eigenvalue weighted by molar-refractivity contribution is 0.229. The Morgan fingerprint density at radius 3 is 2.76 bits per heavy atom. The van der Waals surface area contributed by atoms with Crippen molar-refractivity contribution < 1.29 is 4.74 Å². The van der Waals surface area contributed by atoms with Gasteiger partial charge in [-0.25, -0.2) is 0 Å². The van der Waals surface area contributed by atoms with Crippen LogP contribution in [0.3, 0.4) is 0 Å². The number of ether oxygens (including phenoxy) is 1. The zero-order chi connectivity index (χ0) is 20.1.